The van der Waals surface area contributed by atoms with Crippen molar-refractivity contribution in [2.75, 3.05) is 26.9 Å². The highest BCUT2D eigenvalue weighted by molar-refractivity contribution is 9.10. The molecule has 21 heavy (non-hydrogen) atoms. The maximum atomic E-state index is 8.73. The molecule has 0 aromatic heterocycles. The molecule has 0 fully saturated rings. The Kier molecular flexibility index (Phi) is 9.46. The second-order valence-electron chi connectivity index (χ2n) is 4.90. The van der Waals surface area contributed by atoms with Gasteiger partial charge in [0.05, 0.1) is 13.7 Å². The minimum atomic E-state index is 0.280. The Morgan fingerprint density at radius 1 is 1.19 bits per heavy atom. The van der Waals surface area contributed by atoms with Crippen molar-refractivity contribution >= 4 is 15.9 Å². The number of rotatable bonds is 11. The molecule has 0 aliphatic carbocycles. The summed E-state index contributed by atoms with van der Waals surface area (Å²) in [5.41, 5.74) is 1.15. The van der Waals surface area contributed by atoms with Crippen LogP contribution in [-0.4, -0.2) is 32.0 Å². The molecule has 0 atom stereocenters. The zero-order valence-electron chi connectivity index (χ0n) is 13.0. The van der Waals surface area contributed by atoms with Gasteiger partial charge in [0.2, 0.25) is 0 Å². The van der Waals surface area contributed by atoms with Crippen LogP contribution in [0.5, 0.6) is 11.5 Å². The van der Waals surface area contributed by atoms with Crippen LogP contribution in [0.1, 0.15) is 38.2 Å². The van der Waals surface area contributed by atoms with Crippen LogP contribution in [0.25, 0.3) is 0 Å². The molecule has 120 valence electrons. The Bertz CT molecular complexity index is 413. The van der Waals surface area contributed by atoms with Crippen LogP contribution in [0.2, 0.25) is 0 Å². The summed E-state index contributed by atoms with van der Waals surface area (Å²) in [6.07, 6.45) is 3.98. The number of ether oxygens (including phenoxy) is 2. The van der Waals surface area contributed by atoms with E-state index in [1.807, 2.05) is 12.1 Å². The zero-order chi connectivity index (χ0) is 15.5. The molecule has 5 heteroatoms. The second kappa shape index (κ2) is 10.9. The molecule has 0 radical (unpaired) electrons. The zero-order valence-corrected chi connectivity index (χ0v) is 14.5. The summed E-state index contributed by atoms with van der Waals surface area (Å²) in [6.45, 7) is 4.77. The molecular weight excluding hydrogens is 334 g/mol. The van der Waals surface area contributed by atoms with Crippen molar-refractivity contribution in [2.24, 2.45) is 0 Å². The van der Waals surface area contributed by atoms with Crippen molar-refractivity contribution in [3.05, 3.63) is 22.2 Å². The number of unbranched alkanes of at least 4 members (excludes halogenated alkanes) is 2. The van der Waals surface area contributed by atoms with Gasteiger partial charge in [-0.15, -0.1) is 0 Å². The highest BCUT2D eigenvalue weighted by atomic mass is 79.9. The van der Waals surface area contributed by atoms with Gasteiger partial charge in [-0.05, 0) is 49.9 Å². The van der Waals surface area contributed by atoms with Gasteiger partial charge in [-0.3, -0.25) is 0 Å². The first kappa shape index (κ1) is 18.3. The molecule has 2 N–H and O–H groups in total. The summed E-state index contributed by atoms with van der Waals surface area (Å²) in [6, 6.07) is 3.98. The smallest absolute Gasteiger partial charge is 0.162 e. The number of aliphatic hydroxyl groups is 1. The molecule has 0 saturated heterocycles. The minimum Gasteiger partial charge on any atom is -0.493 e. The van der Waals surface area contributed by atoms with Gasteiger partial charge in [0.15, 0.2) is 11.5 Å². The number of methoxy groups -OCH3 is 1. The Morgan fingerprint density at radius 3 is 2.67 bits per heavy atom. The number of hydrogen-bond donors (Lipinski definition) is 2. The maximum absolute atomic E-state index is 8.73. The van der Waals surface area contributed by atoms with Gasteiger partial charge in [-0.25, -0.2) is 0 Å². The average molecular weight is 360 g/mol. The summed E-state index contributed by atoms with van der Waals surface area (Å²) in [4.78, 5) is 0. The molecule has 0 amide bonds. The molecule has 0 bridgehead atoms. The van der Waals surface area contributed by atoms with E-state index in [4.69, 9.17) is 14.6 Å². The van der Waals surface area contributed by atoms with Crippen molar-refractivity contribution < 1.29 is 14.6 Å². The van der Waals surface area contributed by atoms with Gasteiger partial charge >= 0.3 is 0 Å². The average Bonchev–Trinajstić information content (AvgIpc) is 2.50. The van der Waals surface area contributed by atoms with Crippen LogP contribution < -0.4 is 14.8 Å². The lowest BCUT2D eigenvalue weighted by atomic mass is 10.2. The fraction of sp³-hybridized carbons (Fsp3) is 0.625. The lowest BCUT2D eigenvalue weighted by Crippen LogP contribution is -2.15. The third kappa shape index (κ3) is 6.68. The largest absolute Gasteiger partial charge is 0.493 e. The van der Waals surface area contributed by atoms with E-state index >= 15 is 0 Å². The van der Waals surface area contributed by atoms with E-state index in [1.165, 1.54) is 0 Å². The summed E-state index contributed by atoms with van der Waals surface area (Å²) in [5, 5.41) is 12.1. The van der Waals surface area contributed by atoms with Gasteiger partial charge < -0.3 is 19.9 Å². The standard InChI is InChI=1S/C16H26BrNO3/c1-3-9-21-16-11-14(17)13(10-15(16)20-2)12-18-7-5-4-6-8-19/h10-11,18-19H,3-9,12H2,1-2H3. The van der Waals surface area contributed by atoms with Crippen molar-refractivity contribution in [1.29, 1.82) is 0 Å². The highest BCUT2D eigenvalue weighted by Gasteiger charge is 2.10. The molecule has 0 aliphatic heterocycles. The molecule has 0 spiro atoms. The first-order chi connectivity index (χ1) is 10.2. The Morgan fingerprint density at radius 2 is 2.00 bits per heavy atom. The van der Waals surface area contributed by atoms with E-state index in [-0.39, 0.29) is 6.61 Å². The summed E-state index contributed by atoms with van der Waals surface area (Å²) in [5.74, 6) is 1.54. The van der Waals surface area contributed by atoms with Crippen molar-refractivity contribution in [3.63, 3.8) is 0 Å². The molecule has 0 heterocycles. The Labute approximate surface area is 136 Å². The second-order valence-corrected chi connectivity index (χ2v) is 5.76. The Hall–Kier alpha value is -0.780. The molecular formula is C16H26BrNO3. The summed E-state index contributed by atoms with van der Waals surface area (Å²) >= 11 is 3.59. The molecule has 0 unspecified atom stereocenters. The van der Waals surface area contributed by atoms with Crippen molar-refractivity contribution in [1.82, 2.24) is 5.32 Å². The summed E-state index contributed by atoms with van der Waals surface area (Å²) < 4.78 is 12.1. The van der Waals surface area contributed by atoms with E-state index in [2.05, 4.69) is 28.2 Å². The fourth-order valence-corrected chi connectivity index (χ4v) is 2.42. The number of hydrogen-bond acceptors (Lipinski definition) is 4. The first-order valence-electron chi connectivity index (χ1n) is 7.53. The number of aliphatic hydroxyl groups excluding tert-OH is 1. The van der Waals surface area contributed by atoms with E-state index in [1.54, 1.807) is 7.11 Å². The number of benzene rings is 1. The maximum Gasteiger partial charge on any atom is 0.162 e. The molecule has 0 saturated carbocycles. The first-order valence-corrected chi connectivity index (χ1v) is 8.33. The number of halogens is 1. The Balaban J connectivity index is 2.54. The molecule has 1 rings (SSSR count). The highest BCUT2D eigenvalue weighted by Crippen LogP contribution is 2.33. The molecule has 1 aromatic carbocycles. The minimum absolute atomic E-state index is 0.280. The van der Waals surface area contributed by atoms with Crippen LogP contribution in [0.3, 0.4) is 0 Å². The lowest BCUT2D eigenvalue weighted by Gasteiger charge is -2.14. The van der Waals surface area contributed by atoms with Crippen LogP contribution in [-0.2, 0) is 6.54 Å². The predicted molar refractivity (Wildman–Crippen MR) is 89.1 cm³/mol. The third-order valence-corrected chi connectivity index (χ3v) is 3.86. The topological polar surface area (TPSA) is 50.7 Å². The number of nitrogens with one attached hydrogen (secondary N) is 1. The van der Waals surface area contributed by atoms with Crippen molar-refractivity contribution in [3.8, 4) is 11.5 Å². The monoisotopic (exact) mass is 359 g/mol. The normalized spacial score (nSPS) is 10.7. The molecule has 1 aromatic rings. The van der Waals surface area contributed by atoms with Gasteiger partial charge in [-0.1, -0.05) is 22.9 Å². The van der Waals surface area contributed by atoms with Gasteiger partial charge in [0, 0.05) is 17.6 Å². The van der Waals surface area contributed by atoms with E-state index in [9.17, 15) is 0 Å². The predicted octanol–water partition coefficient (Wildman–Crippen LogP) is 3.50. The third-order valence-electron chi connectivity index (χ3n) is 3.12. The van der Waals surface area contributed by atoms with Crippen LogP contribution in [0, 0.1) is 0 Å². The van der Waals surface area contributed by atoms with Crippen molar-refractivity contribution in [2.45, 2.75) is 39.2 Å². The molecule has 0 aliphatic rings. The van der Waals surface area contributed by atoms with Gasteiger partial charge in [-0.2, -0.15) is 0 Å². The van der Waals surface area contributed by atoms with E-state index < -0.39 is 0 Å². The van der Waals surface area contributed by atoms with Crippen LogP contribution in [0.15, 0.2) is 16.6 Å². The summed E-state index contributed by atoms with van der Waals surface area (Å²) in [7, 11) is 1.66. The van der Waals surface area contributed by atoms with E-state index in [0.29, 0.717) is 6.61 Å². The fourth-order valence-electron chi connectivity index (χ4n) is 1.96. The van der Waals surface area contributed by atoms with Gasteiger partial charge in [0.25, 0.3) is 0 Å². The van der Waals surface area contributed by atoms with Crippen LogP contribution in [0.4, 0.5) is 0 Å². The van der Waals surface area contributed by atoms with Gasteiger partial charge in [0.1, 0.15) is 0 Å². The quantitative estimate of drug-likeness (QED) is 0.593. The lowest BCUT2D eigenvalue weighted by molar-refractivity contribution is 0.283. The van der Waals surface area contributed by atoms with Crippen LogP contribution >= 0.6 is 15.9 Å². The van der Waals surface area contributed by atoms with E-state index in [0.717, 1.165) is 60.3 Å². The molecule has 4 nitrogen and oxygen atoms in total. The SMILES string of the molecule is CCCOc1cc(Br)c(CNCCCCCO)cc1OC.